The minimum Gasteiger partial charge on any atom is -0.379 e. The minimum atomic E-state index is 0.872. The predicted octanol–water partition coefficient (Wildman–Crippen LogP) is 4.33. The average Bonchev–Trinajstić information content (AvgIpc) is 3.04. The highest BCUT2D eigenvalue weighted by Gasteiger charge is 2.00. The number of aromatic nitrogens is 1. The monoisotopic (exact) mass is 256 g/mol. The number of fused-ring (bicyclic) bond motifs is 1. The van der Waals surface area contributed by atoms with Crippen molar-refractivity contribution in [3.63, 3.8) is 0 Å². The third kappa shape index (κ3) is 2.14. The molecule has 0 fully saturated rings. The van der Waals surface area contributed by atoms with Gasteiger partial charge in [-0.3, -0.25) is 0 Å². The van der Waals surface area contributed by atoms with Gasteiger partial charge in [-0.05, 0) is 54.1 Å². The fourth-order valence-electron chi connectivity index (χ4n) is 2.19. The number of thiophene rings is 1. The lowest BCUT2D eigenvalue weighted by Gasteiger charge is -2.09. The highest BCUT2D eigenvalue weighted by Crippen LogP contribution is 2.24. The first-order valence-electron chi connectivity index (χ1n) is 6.22. The Balaban J connectivity index is 1.76. The molecule has 0 bridgehead atoms. The zero-order valence-corrected chi connectivity index (χ0v) is 11.2. The van der Waals surface area contributed by atoms with E-state index in [9.17, 15) is 0 Å². The van der Waals surface area contributed by atoms with Gasteiger partial charge in [0.25, 0.3) is 0 Å². The van der Waals surface area contributed by atoms with Gasteiger partial charge < -0.3 is 9.88 Å². The van der Waals surface area contributed by atoms with Gasteiger partial charge in [0, 0.05) is 28.8 Å². The van der Waals surface area contributed by atoms with E-state index in [0.29, 0.717) is 0 Å². The molecule has 0 unspecified atom stereocenters. The Kier molecular flexibility index (Phi) is 3.07. The second kappa shape index (κ2) is 4.86. The van der Waals surface area contributed by atoms with Crippen molar-refractivity contribution in [1.29, 1.82) is 0 Å². The summed E-state index contributed by atoms with van der Waals surface area (Å²) in [7, 11) is 0. The second-order valence-corrected chi connectivity index (χ2v) is 5.26. The molecule has 2 heterocycles. The molecule has 0 saturated heterocycles. The maximum absolute atomic E-state index is 3.49. The van der Waals surface area contributed by atoms with Crippen LogP contribution >= 0.6 is 11.3 Å². The van der Waals surface area contributed by atoms with E-state index in [0.717, 1.165) is 13.1 Å². The molecule has 0 atom stereocenters. The fraction of sp³-hybridized carbons (Fsp3) is 0.200. The summed E-state index contributed by atoms with van der Waals surface area (Å²) in [5.74, 6) is 0. The highest BCUT2D eigenvalue weighted by molar-refractivity contribution is 7.17. The van der Waals surface area contributed by atoms with Crippen LogP contribution in [-0.4, -0.2) is 4.57 Å². The summed E-state index contributed by atoms with van der Waals surface area (Å²) in [5.41, 5.74) is 2.51. The van der Waals surface area contributed by atoms with Crippen LogP contribution < -0.4 is 5.32 Å². The molecule has 3 rings (SSSR count). The Bertz CT molecular complexity index is 651. The van der Waals surface area contributed by atoms with E-state index in [1.54, 1.807) is 11.3 Å². The van der Waals surface area contributed by atoms with Crippen LogP contribution in [0.15, 0.2) is 48.0 Å². The molecular weight excluding hydrogens is 240 g/mol. The second-order valence-electron chi connectivity index (χ2n) is 4.31. The predicted molar refractivity (Wildman–Crippen MR) is 79.3 cm³/mol. The lowest BCUT2D eigenvalue weighted by atomic mass is 10.2. The highest BCUT2D eigenvalue weighted by atomic mass is 32.1. The van der Waals surface area contributed by atoms with Gasteiger partial charge in [-0.1, -0.05) is 0 Å². The standard InChI is InChI=1S/C15H16N2S/c1-2-17-8-3-4-14(17)11-16-13-5-6-15-12(10-13)7-9-18-15/h3-10,16H,2,11H2,1H3. The van der Waals surface area contributed by atoms with Crippen molar-refractivity contribution >= 4 is 27.1 Å². The lowest BCUT2D eigenvalue weighted by molar-refractivity contribution is 0.724. The van der Waals surface area contributed by atoms with Crippen molar-refractivity contribution in [2.75, 3.05) is 5.32 Å². The molecular formula is C15H16N2S. The molecule has 1 N–H and O–H groups in total. The third-order valence-electron chi connectivity index (χ3n) is 3.19. The Morgan fingerprint density at radius 3 is 3.06 bits per heavy atom. The van der Waals surface area contributed by atoms with Crippen molar-refractivity contribution in [2.24, 2.45) is 0 Å². The molecule has 2 nitrogen and oxygen atoms in total. The molecule has 18 heavy (non-hydrogen) atoms. The largest absolute Gasteiger partial charge is 0.379 e. The zero-order valence-electron chi connectivity index (χ0n) is 10.4. The number of rotatable bonds is 4. The molecule has 0 saturated carbocycles. The molecule has 1 aromatic carbocycles. The number of aryl methyl sites for hydroxylation is 1. The summed E-state index contributed by atoms with van der Waals surface area (Å²) >= 11 is 1.79. The Morgan fingerprint density at radius 2 is 2.17 bits per heavy atom. The maximum atomic E-state index is 3.49. The molecule has 0 aliphatic heterocycles. The van der Waals surface area contributed by atoms with Crippen molar-refractivity contribution in [3.8, 4) is 0 Å². The van der Waals surface area contributed by atoms with Gasteiger partial charge in [0.15, 0.2) is 0 Å². The quantitative estimate of drug-likeness (QED) is 0.735. The number of hydrogen-bond donors (Lipinski definition) is 1. The summed E-state index contributed by atoms with van der Waals surface area (Å²) < 4.78 is 3.60. The summed E-state index contributed by atoms with van der Waals surface area (Å²) in [4.78, 5) is 0. The van der Waals surface area contributed by atoms with E-state index in [4.69, 9.17) is 0 Å². The fourth-order valence-corrected chi connectivity index (χ4v) is 2.96. The van der Waals surface area contributed by atoms with Crippen molar-refractivity contribution in [3.05, 3.63) is 53.7 Å². The van der Waals surface area contributed by atoms with Gasteiger partial charge >= 0.3 is 0 Å². The first-order chi connectivity index (χ1) is 8.86. The molecule has 3 heteroatoms. The zero-order chi connectivity index (χ0) is 12.4. The van der Waals surface area contributed by atoms with Gasteiger partial charge in [0.2, 0.25) is 0 Å². The van der Waals surface area contributed by atoms with Crippen molar-refractivity contribution in [1.82, 2.24) is 4.57 Å². The molecule has 0 spiro atoms. The van der Waals surface area contributed by atoms with E-state index < -0.39 is 0 Å². The van der Waals surface area contributed by atoms with Crippen molar-refractivity contribution in [2.45, 2.75) is 20.0 Å². The third-order valence-corrected chi connectivity index (χ3v) is 4.09. The topological polar surface area (TPSA) is 17.0 Å². The molecule has 3 aromatic rings. The summed E-state index contributed by atoms with van der Waals surface area (Å²) in [6, 6.07) is 13.0. The van der Waals surface area contributed by atoms with E-state index in [1.807, 2.05) is 0 Å². The number of hydrogen-bond acceptors (Lipinski definition) is 2. The average molecular weight is 256 g/mol. The molecule has 2 aromatic heterocycles. The first kappa shape index (κ1) is 11.4. The van der Waals surface area contributed by atoms with Gasteiger partial charge in [0.1, 0.15) is 0 Å². The Labute approximate surface area is 111 Å². The van der Waals surface area contributed by atoms with Gasteiger partial charge in [0.05, 0.1) is 6.54 Å². The molecule has 0 radical (unpaired) electrons. The Morgan fingerprint density at radius 1 is 1.22 bits per heavy atom. The van der Waals surface area contributed by atoms with Gasteiger partial charge in [-0.25, -0.2) is 0 Å². The lowest BCUT2D eigenvalue weighted by Crippen LogP contribution is -2.05. The van der Waals surface area contributed by atoms with Crippen LogP contribution in [0, 0.1) is 0 Å². The van der Waals surface area contributed by atoms with Crippen LogP contribution in [0.2, 0.25) is 0 Å². The van der Waals surface area contributed by atoms with Crippen LogP contribution in [0.4, 0.5) is 5.69 Å². The van der Waals surface area contributed by atoms with E-state index in [1.165, 1.54) is 21.5 Å². The summed E-state index contributed by atoms with van der Waals surface area (Å²) in [6.07, 6.45) is 2.12. The molecule has 92 valence electrons. The minimum absolute atomic E-state index is 0.872. The first-order valence-corrected chi connectivity index (χ1v) is 7.10. The van der Waals surface area contributed by atoms with Crippen LogP contribution in [0.1, 0.15) is 12.6 Å². The van der Waals surface area contributed by atoms with Gasteiger partial charge in [-0.15, -0.1) is 11.3 Å². The molecule has 0 amide bonds. The summed E-state index contributed by atoms with van der Waals surface area (Å²) in [6.45, 7) is 4.06. The molecule has 0 aliphatic carbocycles. The number of benzene rings is 1. The van der Waals surface area contributed by atoms with Crippen LogP contribution in [0.25, 0.3) is 10.1 Å². The van der Waals surface area contributed by atoms with Crippen LogP contribution in [0.5, 0.6) is 0 Å². The maximum Gasteiger partial charge on any atom is 0.0553 e. The van der Waals surface area contributed by atoms with Crippen molar-refractivity contribution < 1.29 is 0 Å². The normalized spacial score (nSPS) is 10.9. The molecule has 0 aliphatic rings. The number of nitrogens with zero attached hydrogens (tertiary/aromatic N) is 1. The van der Waals surface area contributed by atoms with E-state index in [2.05, 4.69) is 64.8 Å². The van der Waals surface area contributed by atoms with E-state index in [-0.39, 0.29) is 0 Å². The summed E-state index contributed by atoms with van der Waals surface area (Å²) in [5, 5.41) is 6.94. The number of nitrogens with one attached hydrogen (secondary N) is 1. The number of anilines is 1. The SMILES string of the molecule is CCn1cccc1CNc1ccc2sccc2c1. The Hall–Kier alpha value is -1.74. The van der Waals surface area contributed by atoms with E-state index >= 15 is 0 Å². The van der Waals surface area contributed by atoms with Crippen LogP contribution in [-0.2, 0) is 13.1 Å². The van der Waals surface area contributed by atoms with Crippen LogP contribution in [0.3, 0.4) is 0 Å². The smallest absolute Gasteiger partial charge is 0.0553 e. The van der Waals surface area contributed by atoms with Gasteiger partial charge in [-0.2, -0.15) is 0 Å².